The largest absolute Gasteiger partial charge is 0.380 e. The first-order valence-electron chi connectivity index (χ1n) is 4.23. The highest BCUT2D eigenvalue weighted by Crippen LogP contribution is 2.05. The Bertz CT molecular complexity index is 94.1. The van der Waals surface area contributed by atoms with Crippen molar-refractivity contribution < 1.29 is 4.74 Å². The molecule has 3 heteroatoms. The SMILES string of the molecule is CSCCNC1CCCOC1. The van der Waals surface area contributed by atoms with Crippen LogP contribution in [0, 0.1) is 0 Å². The molecule has 1 N–H and O–H groups in total. The Morgan fingerprint density at radius 3 is 3.18 bits per heavy atom. The Balaban J connectivity index is 1.96. The van der Waals surface area contributed by atoms with Crippen LogP contribution in [0.4, 0.5) is 0 Å². The van der Waals surface area contributed by atoms with Gasteiger partial charge in [0.25, 0.3) is 0 Å². The second kappa shape index (κ2) is 5.86. The molecule has 0 amide bonds. The third kappa shape index (κ3) is 3.99. The van der Waals surface area contributed by atoms with E-state index in [-0.39, 0.29) is 0 Å². The van der Waals surface area contributed by atoms with Gasteiger partial charge in [0.2, 0.25) is 0 Å². The van der Waals surface area contributed by atoms with Crippen molar-refractivity contribution in [3.8, 4) is 0 Å². The topological polar surface area (TPSA) is 21.3 Å². The monoisotopic (exact) mass is 175 g/mol. The van der Waals surface area contributed by atoms with Gasteiger partial charge in [-0.1, -0.05) is 0 Å². The Hall–Kier alpha value is 0.270. The van der Waals surface area contributed by atoms with Crippen LogP contribution in [0.2, 0.25) is 0 Å². The Labute approximate surface area is 73.1 Å². The van der Waals surface area contributed by atoms with Crippen LogP contribution in [-0.4, -0.2) is 37.8 Å². The van der Waals surface area contributed by atoms with Gasteiger partial charge in [-0.25, -0.2) is 0 Å². The van der Waals surface area contributed by atoms with Crippen molar-refractivity contribution >= 4 is 11.8 Å². The van der Waals surface area contributed by atoms with E-state index in [2.05, 4.69) is 11.6 Å². The molecule has 66 valence electrons. The van der Waals surface area contributed by atoms with Gasteiger partial charge in [0.15, 0.2) is 0 Å². The summed E-state index contributed by atoms with van der Waals surface area (Å²) in [6.45, 7) is 2.99. The zero-order valence-corrected chi connectivity index (χ0v) is 7.95. The number of hydrogen-bond acceptors (Lipinski definition) is 3. The van der Waals surface area contributed by atoms with Crippen LogP contribution in [0.5, 0.6) is 0 Å². The minimum Gasteiger partial charge on any atom is -0.380 e. The molecule has 0 aliphatic carbocycles. The number of hydrogen-bond donors (Lipinski definition) is 1. The van der Waals surface area contributed by atoms with Crippen molar-refractivity contribution in [2.75, 3.05) is 31.8 Å². The third-order valence-electron chi connectivity index (χ3n) is 1.90. The zero-order chi connectivity index (χ0) is 7.94. The van der Waals surface area contributed by atoms with E-state index < -0.39 is 0 Å². The molecular weight excluding hydrogens is 158 g/mol. The van der Waals surface area contributed by atoms with Gasteiger partial charge >= 0.3 is 0 Å². The van der Waals surface area contributed by atoms with Gasteiger partial charge in [-0.2, -0.15) is 11.8 Å². The molecule has 0 aromatic rings. The summed E-state index contributed by atoms with van der Waals surface area (Å²) in [6.07, 6.45) is 4.64. The van der Waals surface area contributed by atoms with Crippen LogP contribution in [0.1, 0.15) is 12.8 Å². The van der Waals surface area contributed by atoms with E-state index in [1.165, 1.54) is 18.6 Å². The molecular formula is C8H17NOS. The normalized spacial score (nSPS) is 25.4. The van der Waals surface area contributed by atoms with E-state index >= 15 is 0 Å². The van der Waals surface area contributed by atoms with Gasteiger partial charge < -0.3 is 10.1 Å². The molecule has 11 heavy (non-hydrogen) atoms. The summed E-state index contributed by atoms with van der Waals surface area (Å²) in [5, 5.41) is 3.48. The molecule has 1 saturated heterocycles. The first kappa shape index (κ1) is 9.36. The van der Waals surface area contributed by atoms with Crippen LogP contribution in [0.3, 0.4) is 0 Å². The van der Waals surface area contributed by atoms with E-state index in [1.807, 2.05) is 11.8 Å². The second-order valence-electron chi connectivity index (χ2n) is 2.86. The summed E-state index contributed by atoms with van der Waals surface area (Å²) >= 11 is 1.89. The van der Waals surface area contributed by atoms with E-state index in [0.717, 1.165) is 19.8 Å². The van der Waals surface area contributed by atoms with E-state index in [9.17, 15) is 0 Å². The molecule has 0 aromatic carbocycles. The van der Waals surface area contributed by atoms with Crippen molar-refractivity contribution in [1.82, 2.24) is 5.32 Å². The first-order chi connectivity index (χ1) is 5.43. The van der Waals surface area contributed by atoms with Crippen LogP contribution in [0.15, 0.2) is 0 Å². The average Bonchev–Trinajstić information content (AvgIpc) is 2.07. The lowest BCUT2D eigenvalue weighted by Gasteiger charge is -2.22. The van der Waals surface area contributed by atoms with Gasteiger partial charge in [-0.05, 0) is 19.1 Å². The highest BCUT2D eigenvalue weighted by atomic mass is 32.2. The quantitative estimate of drug-likeness (QED) is 0.647. The number of rotatable bonds is 4. The minimum absolute atomic E-state index is 0.621. The molecule has 1 atom stereocenters. The van der Waals surface area contributed by atoms with Gasteiger partial charge in [-0.3, -0.25) is 0 Å². The molecule has 2 nitrogen and oxygen atoms in total. The standard InChI is InChI=1S/C8H17NOS/c1-11-6-4-9-8-3-2-5-10-7-8/h8-9H,2-7H2,1H3. The molecule has 1 unspecified atom stereocenters. The summed E-state index contributed by atoms with van der Waals surface area (Å²) in [4.78, 5) is 0. The highest BCUT2D eigenvalue weighted by molar-refractivity contribution is 7.98. The summed E-state index contributed by atoms with van der Waals surface area (Å²) < 4.78 is 5.34. The maximum Gasteiger partial charge on any atom is 0.0619 e. The van der Waals surface area contributed by atoms with Crippen molar-refractivity contribution in [1.29, 1.82) is 0 Å². The van der Waals surface area contributed by atoms with Gasteiger partial charge in [-0.15, -0.1) is 0 Å². The molecule has 0 saturated carbocycles. The first-order valence-corrected chi connectivity index (χ1v) is 5.63. The predicted molar refractivity (Wildman–Crippen MR) is 50.2 cm³/mol. The molecule has 0 bridgehead atoms. The molecule has 1 rings (SSSR count). The van der Waals surface area contributed by atoms with Crippen LogP contribution < -0.4 is 5.32 Å². The van der Waals surface area contributed by atoms with Crippen LogP contribution in [0.25, 0.3) is 0 Å². The maximum absolute atomic E-state index is 5.34. The van der Waals surface area contributed by atoms with E-state index in [4.69, 9.17) is 4.74 Å². The lowest BCUT2D eigenvalue weighted by atomic mass is 10.1. The molecule has 1 fully saturated rings. The van der Waals surface area contributed by atoms with Gasteiger partial charge in [0, 0.05) is 24.9 Å². The van der Waals surface area contributed by atoms with Crippen molar-refractivity contribution in [2.45, 2.75) is 18.9 Å². The molecule has 1 aliphatic heterocycles. The summed E-state index contributed by atoms with van der Waals surface area (Å²) in [5.41, 5.74) is 0. The molecule has 0 spiro atoms. The van der Waals surface area contributed by atoms with Crippen LogP contribution in [-0.2, 0) is 4.74 Å². The summed E-state index contributed by atoms with van der Waals surface area (Å²) in [5.74, 6) is 1.20. The number of nitrogens with one attached hydrogen (secondary N) is 1. The third-order valence-corrected chi connectivity index (χ3v) is 2.51. The fourth-order valence-electron chi connectivity index (χ4n) is 1.27. The van der Waals surface area contributed by atoms with Crippen molar-refractivity contribution in [2.24, 2.45) is 0 Å². The zero-order valence-electron chi connectivity index (χ0n) is 7.14. The number of thioether (sulfide) groups is 1. The minimum atomic E-state index is 0.621. The highest BCUT2D eigenvalue weighted by Gasteiger charge is 2.11. The fraction of sp³-hybridized carbons (Fsp3) is 1.00. The maximum atomic E-state index is 5.34. The van der Waals surface area contributed by atoms with E-state index in [0.29, 0.717) is 6.04 Å². The lowest BCUT2D eigenvalue weighted by molar-refractivity contribution is 0.0712. The predicted octanol–water partition coefficient (Wildman–Crippen LogP) is 1.12. The lowest BCUT2D eigenvalue weighted by Crippen LogP contribution is -2.37. The fourth-order valence-corrected chi connectivity index (χ4v) is 1.59. The van der Waals surface area contributed by atoms with Crippen LogP contribution >= 0.6 is 11.8 Å². The van der Waals surface area contributed by atoms with E-state index in [1.54, 1.807) is 0 Å². The van der Waals surface area contributed by atoms with Gasteiger partial charge in [0.05, 0.1) is 6.61 Å². The second-order valence-corrected chi connectivity index (χ2v) is 3.85. The van der Waals surface area contributed by atoms with Gasteiger partial charge in [0.1, 0.15) is 0 Å². The molecule has 1 aliphatic rings. The Kier molecular flexibility index (Phi) is 4.99. The Morgan fingerprint density at radius 1 is 1.64 bits per heavy atom. The molecule has 1 heterocycles. The summed E-state index contributed by atoms with van der Waals surface area (Å²) in [7, 11) is 0. The smallest absolute Gasteiger partial charge is 0.0619 e. The van der Waals surface area contributed by atoms with Crippen molar-refractivity contribution in [3.05, 3.63) is 0 Å². The van der Waals surface area contributed by atoms with Crippen molar-refractivity contribution in [3.63, 3.8) is 0 Å². The molecule has 0 radical (unpaired) electrons. The average molecular weight is 175 g/mol. The number of ether oxygens (including phenoxy) is 1. The molecule has 0 aromatic heterocycles. The summed E-state index contributed by atoms with van der Waals surface area (Å²) in [6, 6.07) is 0.621. The Morgan fingerprint density at radius 2 is 2.55 bits per heavy atom.